The second kappa shape index (κ2) is 7.67. The molecule has 29 heavy (non-hydrogen) atoms. The lowest BCUT2D eigenvalue weighted by atomic mass is 9.96. The van der Waals surface area contributed by atoms with Crippen molar-refractivity contribution in [1.29, 1.82) is 0 Å². The first kappa shape index (κ1) is 19.9. The molecule has 1 atom stereocenters. The molecule has 1 aliphatic heterocycles. The van der Waals surface area contributed by atoms with Gasteiger partial charge in [0.15, 0.2) is 23.0 Å². The predicted molar refractivity (Wildman–Crippen MR) is 104 cm³/mol. The van der Waals surface area contributed by atoms with Crippen LogP contribution >= 0.6 is 0 Å². The number of anilines is 1. The number of methoxy groups -OCH3 is 2. The van der Waals surface area contributed by atoms with E-state index >= 15 is 0 Å². The number of carbonyl (C=O) groups excluding carboxylic acids is 2. The molecule has 8 nitrogen and oxygen atoms in total. The minimum absolute atomic E-state index is 0.0482. The fourth-order valence-electron chi connectivity index (χ4n) is 3.33. The van der Waals surface area contributed by atoms with E-state index in [0.29, 0.717) is 22.7 Å². The molecule has 2 N–H and O–H groups in total. The van der Waals surface area contributed by atoms with Gasteiger partial charge in [-0.1, -0.05) is 6.07 Å². The molecule has 1 amide bonds. The highest BCUT2D eigenvalue weighted by molar-refractivity contribution is 6.16. The summed E-state index contributed by atoms with van der Waals surface area (Å²) >= 11 is 0. The Labute approximate surface area is 166 Å². The van der Waals surface area contributed by atoms with Gasteiger partial charge >= 0.3 is 5.97 Å². The van der Waals surface area contributed by atoms with Crippen LogP contribution in [0.25, 0.3) is 0 Å². The van der Waals surface area contributed by atoms with Gasteiger partial charge < -0.3 is 19.7 Å². The van der Waals surface area contributed by atoms with Gasteiger partial charge in [0.25, 0.3) is 5.91 Å². The van der Waals surface area contributed by atoms with E-state index in [4.69, 9.17) is 14.6 Å². The van der Waals surface area contributed by atoms with Crippen LogP contribution in [-0.4, -0.2) is 42.1 Å². The first-order valence-electron chi connectivity index (χ1n) is 8.63. The second-order valence-corrected chi connectivity index (χ2v) is 6.36. The van der Waals surface area contributed by atoms with Crippen LogP contribution in [0.5, 0.6) is 11.5 Å². The number of nitrogens with zero attached hydrogens (tertiary/aromatic N) is 1. The van der Waals surface area contributed by atoms with Gasteiger partial charge in [-0.25, -0.2) is 4.79 Å². The molecule has 0 spiro atoms. The average molecular weight is 397 g/mol. The van der Waals surface area contributed by atoms with E-state index in [1.165, 1.54) is 50.3 Å². The lowest BCUT2D eigenvalue weighted by Gasteiger charge is -2.27. The number of aliphatic hydroxyl groups excluding tert-OH is 1. The van der Waals surface area contributed by atoms with E-state index in [2.05, 4.69) is 0 Å². The minimum Gasteiger partial charge on any atom is -0.503 e. The normalized spacial score (nSPS) is 16.2. The third-order valence-corrected chi connectivity index (χ3v) is 4.70. The van der Waals surface area contributed by atoms with Crippen LogP contribution < -0.4 is 14.4 Å². The molecular weight excluding hydrogens is 378 g/mol. The molecule has 3 rings (SSSR count). The Bertz CT molecular complexity index is 1020. The van der Waals surface area contributed by atoms with Crippen LogP contribution in [0.3, 0.4) is 0 Å². The zero-order valence-electron chi connectivity index (χ0n) is 16.0. The standard InChI is InChI=1S/C21H19NO7/c1-11(23)17-18(13-6-9-15(28-2)16(10-13)29-3)22(20(25)19(17)24)14-7-4-12(5-8-14)21(26)27/h4-10,18,24H,1-3H3,(H,26,27)/t18-/m0/s1. The Morgan fingerprint density at radius 3 is 2.14 bits per heavy atom. The van der Waals surface area contributed by atoms with Crippen LogP contribution in [0.2, 0.25) is 0 Å². The molecule has 0 radical (unpaired) electrons. The number of ketones is 1. The smallest absolute Gasteiger partial charge is 0.335 e. The van der Waals surface area contributed by atoms with Crippen LogP contribution in [-0.2, 0) is 9.59 Å². The number of amides is 1. The number of aromatic carboxylic acids is 1. The van der Waals surface area contributed by atoms with Crippen molar-refractivity contribution in [2.45, 2.75) is 13.0 Å². The van der Waals surface area contributed by atoms with E-state index in [1.54, 1.807) is 18.2 Å². The number of benzene rings is 2. The van der Waals surface area contributed by atoms with Gasteiger partial charge in [-0.05, 0) is 48.9 Å². The number of carboxylic acid groups (broad SMARTS) is 1. The van der Waals surface area contributed by atoms with Crippen molar-refractivity contribution in [2.24, 2.45) is 0 Å². The molecular formula is C21H19NO7. The quantitative estimate of drug-likeness (QED) is 0.770. The van der Waals surface area contributed by atoms with E-state index in [-0.39, 0.29) is 11.1 Å². The Hall–Kier alpha value is -3.81. The van der Waals surface area contributed by atoms with Crippen molar-refractivity contribution in [2.75, 3.05) is 19.1 Å². The van der Waals surface area contributed by atoms with Gasteiger partial charge in [0, 0.05) is 5.69 Å². The third kappa shape index (κ3) is 3.40. The first-order chi connectivity index (χ1) is 13.8. The van der Waals surface area contributed by atoms with Crippen molar-refractivity contribution in [3.8, 4) is 11.5 Å². The molecule has 2 aromatic rings. The Morgan fingerprint density at radius 1 is 1.00 bits per heavy atom. The molecule has 0 saturated heterocycles. The summed E-state index contributed by atoms with van der Waals surface area (Å²) in [5.41, 5.74) is 0.853. The highest BCUT2D eigenvalue weighted by atomic mass is 16.5. The zero-order chi connectivity index (χ0) is 21.3. The van der Waals surface area contributed by atoms with Gasteiger partial charge in [0.2, 0.25) is 0 Å². The molecule has 1 heterocycles. The largest absolute Gasteiger partial charge is 0.503 e. The van der Waals surface area contributed by atoms with Crippen LogP contribution in [0.15, 0.2) is 53.8 Å². The summed E-state index contributed by atoms with van der Waals surface area (Å²) in [6.45, 7) is 1.27. The Kier molecular flexibility index (Phi) is 5.27. The number of Topliss-reactive ketones (excluding diaryl/α,β-unsaturated/α-hetero) is 1. The minimum atomic E-state index is -1.11. The maximum atomic E-state index is 12.8. The van der Waals surface area contributed by atoms with Crippen molar-refractivity contribution < 1.29 is 34.1 Å². The molecule has 2 aromatic carbocycles. The molecule has 0 bridgehead atoms. The number of aliphatic hydroxyl groups is 1. The highest BCUT2D eigenvalue weighted by Gasteiger charge is 2.43. The maximum Gasteiger partial charge on any atom is 0.335 e. The monoisotopic (exact) mass is 397 g/mol. The second-order valence-electron chi connectivity index (χ2n) is 6.36. The molecule has 150 valence electrons. The zero-order valence-corrected chi connectivity index (χ0v) is 16.0. The van der Waals surface area contributed by atoms with E-state index in [1.807, 2.05) is 0 Å². The van der Waals surface area contributed by atoms with Gasteiger partial charge in [-0.15, -0.1) is 0 Å². The van der Waals surface area contributed by atoms with E-state index < -0.39 is 29.5 Å². The van der Waals surface area contributed by atoms with Gasteiger partial charge in [-0.3, -0.25) is 14.5 Å². The van der Waals surface area contributed by atoms with Crippen molar-refractivity contribution in [1.82, 2.24) is 0 Å². The van der Waals surface area contributed by atoms with Gasteiger partial charge in [0.05, 0.1) is 31.4 Å². The summed E-state index contributed by atoms with van der Waals surface area (Å²) in [5, 5.41) is 19.5. The van der Waals surface area contributed by atoms with E-state index in [9.17, 15) is 19.5 Å². The molecule has 0 aromatic heterocycles. The van der Waals surface area contributed by atoms with Gasteiger partial charge in [-0.2, -0.15) is 0 Å². The number of carbonyl (C=O) groups is 3. The molecule has 0 fully saturated rings. The lowest BCUT2D eigenvalue weighted by Crippen LogP contribution is -2.30. The number of rotatable bonds is 6. The van der Waals surface area contributed by atoms with Crippen molar-refractivity contribution in [3.63, 3.8) is 0 Å². The number of hydrogen-bond acceptors (Lipinski definition) is 6. The van der Waals surface area contributed by atoms with Crippen molar-refractivity contribution >= 4 is 23.3 Å². The van der Waals surface area contributed by atoms with Gasteiger partial charge in [0.1, 0.15) is 0 Å². The summed E-state index contributed by atoms with van der Waals surface area (Å²) in [6.07, 6.45) is 0. The third-order valence-electron chi connectivity index (χ3n) is 4.70. The first-order valence-corrected chi connectivity index (χ1v) is 8.63. The molecule has 0 aliphatic carbocycles. The number of ether oxygens (including phenoxy) is 2. The number of hydrogen-bond donors (Lipinski definition) is 2. The predicted octanol–water partition coefficient (Wildman–Crippen LogP) is 2.89. The summed E-state index contributed by atoms with van der Waals surface area (Å²) in [4.78, 5) is 37.4. The van der Waals surface area contributed by atoms with Crippen LogP contribution in [0.4, 0.5) is 5.69 Å². The summed E-state index contributed by atoms with van der Waals surface area (Å²) in [5.74, 6) is -2.09. The average Bonchev–Trinajstić information content (AvgIpc) is 2.98. The number of carboxylic acids is 1. The molecule has 0 saturated carbocycles. The molecule has 8 heteroatoms. The molecule has 1 aliphatic rings. The fourth-order valence-corrected chi connectivity index (χ4v) is 3.33. The maximum absolute atomic E-state index is 12.8. The topological polar surface area (TPSA) is 113 Å². The summed E-state index contributed by atoms with van der Waals surface area (Å²) in [7, 11) is 2.95. The summed E-state index contributed by atoms with van der Waals surface area (Å²) < 4.78 is 10.5. The Balaban J connectivity index is 2.16. The molecule has 0 unspecified atom stereocenters. The fraction of sp³-hybridized carbons (Fsp3) is 0.190. The highest BCUT2D eigenvalue weighted by Crippen LogP contribution is 2.43. The van der Waals surface area contributed by atoms with E-state index in [0.717, 1.165) is 0 Å². The lowest BCUT2D eigenvalue weighted by molar-refractivity contribution is -0.117. The van der Waals surface area contributed by atoms with Crippen LogP contribution in [0, 0.1) is 0 Å². The van der Waals surface area contributed by atoms with Crippen molar-refractivity contribution in [3.05, 3.63) is 64.9 Å². The summed E-state index contributed by atoms with van der Waals surface area (Å²) in [6, 6.07) is 9.61. The SMILES string of the molecule is COc1ccc([C@H]2C(C(C)=O)=C(O)C(=O)N2c2ccc(C(=O)O)cc2)cc1OC. The van der Waals surface area contributed by atoms with Crippen LogP contribution in [0.1, 0.15) is 28.9 Å². The Morgan fingerprint density at radius 2 is 1.62 bits per heavy atom.